The second-order valence-electron chi connectivity index (χ2n) is 4.03. The van der Waals surface area contributed by atoms with Crippen LogP contribution in [0.5, 0.6) is 0 Å². The van der Waals surface area contributed by atoms with Crippen LogP contribution in [0.3, 0.4) is 0 Å². The molecule has 0 amide bonds. The number of carbonyl (C=O) groups is 2. The van der Waals surface area contributed by atoms with Gasteiger partial charge in [0.05, 0.1) is 0 Å². The van der Waals surface area contributed by atoms with Crippen molar-refractivity contribution in [2.45, 2.75) is 30.8 Å². The van der Waals surface area contributed by atoms with E-state index in [0.29, 0.717) is 5.57 Å². The van der Waals surface area contributed by atoms with Crippen molar-refractivity contribution in [3.63, 3.8) is 0 Å². The van der Waals surface area contributed by atoms with Crippen LogP contribution in [-0.4, -0.2) is 33.7 Å². The highest BCUT2D eigenvalue weighted by Crippen LogP contribution is 2.20. The van der Waals surface area contributed by atoms with E-state index in [1.54, 1.807) is 0 Å². The maximum atomic E-state index is 11.0. The maximum absolute atomic E-state index is 11.0. The van der Waals surface area contributed by atoms with E-state index < -0.39 is 23.5 Å². The van der Waals surface area contributed by atoms with Crippen LogP contribution in [0.1, 0.15) is 19.3 Å². The van der Waals surface area contributed by atoms with Crippen molar-refractivity contribution in [1.29, 1.82) is 0 Å². The second-order valence-corrected chi connectivity index (χ2v) is 4.03. The SMILES string of the molecule is C=CC[C@@](N)(CC(=C)C[C@@H](N)C(=O)O)C(=O)O. The number of hydrogen-bond acceptors (Lipinski definition) is 4. The van der Waals surface area contributed by atoms with E-state index in [2.05, 4.69) is 13.2 Å². The van der Waals surface area contributed by atoms with Gasteiger partial charge in [0, 0.05) is 0 Å². The zero-order valence-corrected chi connectivity index (χ0v) is 9.56. The van der Waals surface area contributed by atoms with Crippen molar-refractivity contribution in [1.82, 2.24) is 0 Å². The normalized spacial score (nSPS) is 15.6. The highest BCUT2D eigenvalue weighted by Gasteiger charge is 2.33. The third kappa shape index (κ3) is 4.80. The zero-order valence-electron chi connectivity index (χ0n) is 9.56. The summed E-state index contributed by atoms with van der Waals surface area (Å²) in [7, 11) is 0. The fraction of sp³-hybridized carbons (Fsp3) is 0.455. The number of carboxylic acid groups (broad SMARTS) is 2. The van der Waals surface area contributed by atoms with Gasteiger partial charge in [0.25, 0.3) is 0 Å². The number of rotatable bonds is 8. The van der Waals surface area contributed by atoms with Crippen molar-refractivity contribution in [3.8, 4) is 0 Å². The average Bonchev–Trinajstić information content (AvgIpc) is 2.16. The van der Waals surface area contributed by atoms with Crippen molar-refractivity contribution in [2.75, 3.05) is 0 Å². The van der Waals surface area contributed by atoms with Crippen LogP contribution < -0.4 is 11.5 Å². The Bertz CT molecular complexity index is 340. The first-order valence-electron chi connectivity index (χ1n) is 5.01. The van der Waals surface area contributed by atoms with Crippen LogP contribution in [0.4, 0.5) is 0 Å². The fourth-order valence-corrected chi connectivity index (χ4v) is 1.41. The molecule has 0 aliphatic rings. The van der Waals surface area contributed by atoms with E-state index in [1.165, 1.54) is 6.08 Å². The largest absolute Gasteiger partial charge is 0.480 e. The predicted molar refractivity (Wildman–Crippen MR) is 63.4 cm³/mol. The molecule has 6 nitrogen and oxygen atoms in total. The van der Waals surface area contributed by atoms with E-state index >= 15 is 0 Å². The highest BCUT2D eigenvalue weighted by atomic mass is 16.4. The predicted octanol–water partition coefficient (Wildman–Crippen LogP) is 0.0929. The van der Waals surface area contributed by atoms with Crippen LogP contribution >= 0.6 is 0 Å². The number of aliphatic carboxylic acids is 2. The van der Waals surface area contributed by atoms with Crippen molar-refractivity contribution >= 4 is 11.9 Å². The Morgan fingerprint density at radius 2 is 1.94 bits per heavy atom. The minimum Gasteiger partial charge on any atom is -0.480 e. The molecule has 0 fully saturated rings. The highest BCUT2D eigenvalue weighted by molar-refractivity contribution is 5.79. The summed E-state index contributed by atoms with van der Waals surface area (Å²) >= 11 is 0. The lowest BCUT2D eigenvalue weighted by molar-refractivity contribution is -0.143. The Morgan fingerprint density at radius 1 is 1.41 bits per heavy atom. The summed E-state index contributed by atoms with van der Waals surface area (Å²) in [6.45, 7) is 7.04. The first kappa shape index (κ1) is 15.3. The fourth-order valence-electron chi connectivity index (χ4n) is 1.41. The summed E-state index contributed by atoms with van der Waals surface area (Å²) in [6, 6.07) is -1.09. The molecule has 0 aromatic carbocycles. The van der Waals surface area contributed by atoms with Gasteiger partial charge in [-0.25, -0.2) is 0 Å². The maximum Gasteiger partial charge on any atom is 0.324 e. The molecule has 0 aliphatic carbocycles. The lowest BCUT2D eigenvalue weighted by Gasteiger charge is -2.24. The summed E-state index contributed by atoms with van der Waals surface area (Å²) in [5.41, 5.74) is 9.89. The first-order valence-corrected chi connectivity index (χ1v) is 5.01. The molecule has 6 heteroatoms. The molecule has 0 saturated heterocycles. The van der Waals surface area contributed by atoms with Crippen LogP contribution in [-0.2, 0) is 9.59 Å². The first-order chi connectivity index (χ1) is 7.73. The molecular weight excluding hydrogens is 224 g/mol. The van der Waals surface area contributed by atoms with Gasteiger partial charge < -0.3 is 21.7 Å². The summed E-state index contributed by atoms with van der Waals surface area (Å²) in [5, 5.41) is 17.6. The molecule has 0 spiro atoms. The quantitative estimate of drug-likeness (QED) is 0.447. The molecule has 0 bridgehead atoms. The monoisotopic (exact) mass is 242 g/mol. The van der Waals surface area contributed by atoms with E-state index in [1.807, 2.05) is 0 Å². The molecule has 0 aromatic heterocycles. The lowest BCUT2D eigenvalue weighted by Crippen LogP contribution is -2.48. The lowest BCUT2D eigenvalue weighted by atomic mass is 9.87. The molecule has 96 valence electrons. The van der Waals surface area contributed by atoms with Gasteiger partial charge in [0.1, 0.15) is 11.6 Å². The molecule has 0 heterocycles. The molecule has 17 heavy (non-hydrogen) atoms. The summed E-state index contributed by atoms with van der Waals surface area (Å²) in [6.07, 6.45) is 1.44. The van der Waals surface area contributed by atoms with E-state index in [4.69, 9.17) is 21.7 Å². The van der Waals surface area contributed by atoms with E-state index in [0.717, 1.165) is 0 Å². The standard InChI is InChI=1S/C11H18N2O4/c1-3-4-11(13,10(16)17)6-7(2)5-8(12)9(14)15/h3,8H,1-2,4-6,12-13H2,(H,14,15)(H,16,17)/t8-,11-/m1/s1. The number of nitrogens with two attached hydrogens (primary N) is 2. The van der Waals surface area contributed by atoms with Gasteiger partial charge in [-0.2, -0.15) is 0 Å². The molecule has 0 radical (unpaired) electrons. The Kier molecular flexibility index (Phi) is 5.57. The molecule has 0 unspecified atom stereocenters. The summed E-state index contributed by atoms with van der Waals surface area (Å²) in [5.74, 6) is -2.34. The Morgan fingerprint density at radius 3 is 2.29 bits per heavy atom. The van der Waals surface area contributed by atoms with E-state index in [-0.39, 0.29) is 19.3 Å². The third-order valence-electron chi connectivity index (χ3n) is 2.33. The second kappa shape index (κ2) is 6.17. The molecule has 0 aliphatic heterocycles. The number of hydrogen-bond donors (Lipinski definition) is 4. The van der Waals surface area contributed by atoms with E-state index in [9.17, 15) is 9.59 Å². The Labute approximate surface area is 99.6 Å². The van der Waals surface area contributed by atoms with Crippen LogP contribution in [0.25, 0.3) is 0 Å². The summed E-state index contributed by atoms with van der Waals surface area (Å²) < 4.78 is 0. The minimum atomic E-state index is -1.50. The smallest absolute Gasteiger partial charge is 0.324 e. The molecule has 0 saturated carbocycles. The van der Waals surface area contributed by atoms with Gasteiger partial charge in [0.15, 0.2) is 0 Å². The Hall–Kier alpha value is -1.66. The van der Waals surface area contributed by atoms with Gasteiger partial charge in [-0.1, -0.05) is 18.2 Å². The zero-order chi connectivity index (χ0) is 13.6. The van der Waals surface area contributed by atoms with Gasteiger partial charge >= 0.3 is 11.9 Å². The third-order valence-corrected chi connectivity index (χ3v) is 2.33. The minimum absolute atomic E-state index is 0.00128. The van der Waals surface area contributed by atoms with Crippen molar-refractivity contribution in [3.05, 3.63) is 24.8 Å². The van der Waals surface area contributed by atoms with Crippen molar-refractivity contribution in [2.24, 2.45) is 11.5 Å². The van der Waals surface area contributed by atoms with Crippen LogP contribution in [0.2, 0.25) is 0 Å². The summed E-state index contributed by atoms with van der Waals surface area (Å²) in [4.78, 5) is 21.5. The average molecular weight is 242 g/mol. The molecule has 6 N–H and O–H groups in total. The van der Waals surface area contributed by atoms with Gasteiger partial charge in [-0.15, -0.1) is 6.58 Å². The Balaban J connectivity index is 4.57. The molecule has 2 atom stereocenters. The van der Waals surface area contributed by atoms with Crippen LogP contribution in [0, 0.1) is 0 Å². The molecule has 0 rings (SSSR count). The van der Waals surface area contributed by atoms with Crippen LogP contribution in [0.15, 0.2) is 24.8 Å². The number of carboxylic acids is 2. The molecular formula is C11H18N2O4. The van der Waals surface area contributed by atoms with Gasteiger partial charge in [0.2, 0.25) is 0 Å². The van der Waals surface area contributed by atoms with Crippen molar-refractivity contribution < 1.29 is 19.8 Å². The van der Waals surface area contributed by atoms with Gasteiger partial charge in [-0.3, -0.25) is 9.59 Å². The topological polar surface area (TPSA) is 127 Å². The van der Waals surface area contributed by atoms with Gasteiger partial charge in [-0.05, 0) is 19.3 Å². The molecule has 0 aromatic rings.